The van der Waals surface area contributed by atoms with Crippen LogP contribution in [0.2, 0.25) is 5.02 Å². The lowest BCUT2D eigenvalue weighted by molar-refractivity contribution is 0.0535. The van der Waals surface area contributed by atoms with E-state index in [0.717, 1.165) is 5.56 Å². The predicted molar refractivity (Wildman–Crippen MR) is 123 cm³/mol. The number of nitrogens with zero attached hydrogens (tertiary/aromatic N) is 4. The molecule has 2 amide bonds. The highest BCUT2D eigenvalue weighted by atomic mass is 35.5. The van der Waals surface area contributed by atoms with Crippen LogP contribution in [0.5, 0.6) is 5.88 Å². The highest BCUT2D eigenvalue weighted by molar-refractivity contribution is 7.20. The van der Waals surface area contributed by atoms with Crippen molar-refractivity contribution in [1.29, 1.82) is 0 Å². The average molecular weight is 493 g/mol. The molecule has 0 saturated carbocycles. The summed E-state index contributed by atoms with van der Waals surface area (Å²) in [5.74, 6) is -0.328. The van der Waals surface area contributed by atoms with E-state index in [-0.39, 0.29) is 18.1 Å². The second-order valence-corrected chi connectivity index (χ2v) is 8.96. The number of fused-ring (bicyclic) bond motifs is 1. The SMILES string of the molecule is COCc1nc(OC)c2c(C)c(C(=O)N3CCN(C(=O)c4cc(Cl)ccc4F)CC3)sc2n1. The van der Waals surface area contributed by atoms with Crippen molar-refractivity contribution in [2.75, 3.05) is 40.4 Å². The van der Waals surface area contributed by atoms with Crippen molar-refractivity contribution in [1.82, 2.24) is 19.8 Å². The van der Waals surface area contributed by atoms with Crippen LogP contribution in [-0.2, 0) is 11.3 Å². The predicted octanol–water partition coefficient (Wildman–Crippen LogP) is 3.55. The first-order chi connectivity index (χ1) is 15.8. The molecule has 3 aromatic rings. The second kappa shape index (κ2) is 9.58. The zero-order valence-corrected chi connectivity index (χ0v) is 19.9. The van der Waals surface area contributed by atoms with E-state index >= 15 is 0 Å². The third-order valence-corrected chi connectivity index (χ3v) is 6.89. The summed E-state index contributed by atoms with van der Waals surface area (Å²) in [6.07, 6.45) is 0. The molecule has 8 nitrogen and oxygen atoms in total. The Morgan fingerprint density at radius 2 is 1.79 bits per heavy atom. The third kappa shape index (κ3) is 4.50. The number of amides is 2. The number of carbonyl (C=O) groups excluding carboxylic acids is 2. The van der Waals surface area contributed by atoms with Crippen LogP contribution in [0, 0.1) is 12.7 Å². The molecule has 3 heterocycles. The van der Waals surface area contributed by atoms with Crippen molar-refractivity contribution < 1.29 is 23.5 Å². The number of halogens is 2. The summed E-state index contributed by atoms with van der Waals surface area (Å²) < 4.78 is 24.6. The Balaban J connectivity index is 1.52. The molecule has 1 aliphatic heterocycles. The van der Waals surface area contributed by atoms with Crippen LogP contribution in [0.4, 0.5) is 4.39 Å². The maximum absolute atomic E-state index is 14.1. The Bertz CT molecular complexity index is 1230. The van der Waals surface area contributed by atoms with Crippen molar-refractivity contribution >= 4 is 45.0 Å². The van der Waals surface area contributed by atoms with E-state index in [0.29, 0.717) is 58.0 Å². The van der Waals surface area contributed by atoms with Crippen molar-refractivity contribution in [3.8, 4) is 5.88 Å². The van der Waals surface area contributed by atoms with E-state index in [1.54, 1.807) is 12.0 Å². The van der Waals surface area contributed by atoms with Gasteiger partial charge in [0, 0.05) is 38.3 Å². The minimum atomic E-state index is -0.619. The third-order valence-electron chi connectivity index (χ3n) is 5.48. The quantitative estimate of drug-likeness (QED) is 0.541. The van der Waals surface area contributed by atoms with Crippen molar-refractivity contribution in [3.05, 3.63) is 50.9 Å². The molecule has 33 heavy (non-hydrogen) atoms. The van der Waals surface area contributed by atoms with Crippen LogP contribution in [0.1, 0.15) is 31.4 Å². The first-order valence-electron chi connectivity index (χ1n) is 10.2. The van der Waals surface area contributed by atoms with E-state index < -0.39 is 11.7 Å². The number of hydrogen-bond acceptors (Lipinski definition) is 7. The molecule has 1 aliphatic rings. The van der Waals surface area contributed by atoms with Gasteiger partial charge in [0.15, 0.2) is 5.82 Å². The number of ether oxygens (including phenoxy) is 2. The minimum absolute atomic E-state index is 0.0693. The molecule has 1 saturated heterocycles. The Kier molecular flexibility index (Phi) is 6.78. The normalized spacial score (nSPS) is 14.1. The van der Waals surface area contributed by atoms with Gasteiger partial charge in [-0.3, -0.25) is 9.59 Å². The number of piperazine rings is 1. The average Bonchev–Trinajstić information content (AvgIpc) is 3.15. The van der Waals surface area contributed by atoms with Gasteiger partial charge in [-0.1, -0.05) is 11.6 Å². The topological polar surface area (TPSA) is 84.9 Å². The maximum atomic E-state index is 14.1. The first-order valence-corrected chi connectivity index (χ1v) is 11.4. The molecule has 0 radical (unpaired) electrons. The standard InChI is InChI=1S/C22H22ClFN4O4S/c1-12-17-19(32-3)25-16(11-31-2)26-20(17)33-18(12)22(30)28-8-6-27(7-9-28)21(29)14-10-13(23)4-5-15(14)24/h4-5,10H,6-9,11H2,1-3H3. The van der Waals surface area contributed by atoms with Gasteiger partial charge in [0.1, 0.15) is 17.3 Å². The van der Waals surface area contributed by atoms with Gasteiger partial charge in [0.05, 0.1) is 22.9 Å². The molecule has 0 unspecified atom stereocenters. The number of methoxy groups -OCH3 is 2. The molecule has 174 valence electrons. The van der Waals surface area contributed by atoms with Crippen molar-refractivity contribution in [2.24, 2.45) is 0 Å². The number of aromatic nitrogens is 2. The molecule has 0 atom stereocenters. The summed E-state index contributed by atoms with van der Waals surface area (Å²) in [7, 11) is 3.08. The van der Waals surface area contributed by atoms with E-state index in [4.69, 9.17) is 21.1 Å². The number of thiophene rings is 1. The molecule has 4 rings (SSSR count). The van der Waals surface area contributed by atoms with Gasteiger partial charge in [-0.25, -0.2) is 9.37 Å². The fourth-order valence-corrected chi connectivity index (χ4v) is 5.11. The van der Waals surface area contributed by atoms with Gasteiger partial charge in [-0.2, -0.15) is 4.98 Å². The Labute approximate surface area is 198 Å². The molecule has 1 aromatic carbocycles. The number of hydrogen-bond donors (Lipinski definition) is 0. The molecule has 0 aliphatic carbocycles. The summed E-state index contributed by atoms with van der Waals surface area (Å²) in [6.45, 7) is 3.32. The number of aryl methyl sites for hydroxylation is 1. The molecule has 0 N–H and O–H groups in total. The Morgan fingerprint density at radius 3 is 2.42 bits per heavy atom. The van der Waals surface area contributed by atoms with Crippen LogP contribution in [0.15, 0.2) is 18.2 Å². The fourth-order valence-electron chi connectivity index (χ4n) is 3.78. The molecule has 1 fully saturated rings. The van der Waals surface area contributed by atoms with Crippen molar-refractivity contribution in [2.45, 2.75) is 13.5 Å². The van der Waals surface area contributed by atoms with E-state index in [1.165, 1.54) is 41.5 Å². The van der Waals surface area contributed by atoms with Gasteiger partial charge in [0.2, 0.25) is 5.88 Å². The Morgan fingerprint density at radius 1 is 1.12 bits per heavy atom. The van der Waals surface area contributed by atoms with Gasteiger partial charge >= 0.3 is 0 Å². The van der Waals surface area contributed by atoms with Gasteiger partial charge in [-0.15, -0.1) is 11.3 Å². The van der Waals surface area contributed by atoms with Gasteiger partial charge < -0.3 is 19.3 Å². The highest BCUT2D eigenvalue weighted by Crippen LogP contribution is 2.36. The zero-order chi connectivity index (χ0) is 23.7. The lowest BCUT2D eigenvalue weighted by Crippen LogP contribution is -2.50. The van der Waals surface area contributed by atoms with Crippen LogP contribution in [-0.4, -0.2) is 72.0 Å². The molecule has 0 spiro atoms. The smallest absolute Gasteiger partial charge is 0.264 e. The summed E-state index contributed by atoms with van der Waals surface area (Å²) in [5.41, 5.74) is 0.681. The Hall–Kier alpha value is -2.82. The first kappa shape index (κ1) is 23.3. The monoisotopic (exact) mass is 492 g/mol. The summed E-state index contributed by atoms with van der Waals surface area (Å²) >= 11 is 7.20. The maximum Gasteiger partial charge on any atom is 0.264 e. The number of rotatable bonds is 5. The van der Waals surface area contributed by atoms with E-state index in [2.05, 4.69) is 9.97 Å². The van der Waals surface area contributed by atoms with Gasteiger partial charge in [-0.05, 0) is 30.7 Å². The lowest BCUT2D eigenvalue weighted by atomic mass is 10.1. The van der Waals surface area contributed by atoms with Crippen LogP contribution in [0.25, 0.3) is 10.2 Å². The van der Waals surface area contributed by atoms with E-state index in [1.807, 2.05) is 6.92 Å². The molecule has 2 aromatic heterocycles. The molecular weight excluding hydrogens is 471 g/mol. The van der Waals surface area contributed by atoms with E-state index in [9.17, 15) is 14.0 Å². The largest absolute Gasteiger partial charge is 0.480 e. The molecular formula is C22H22ClFN4O4S. The van der Waals surface area contributed by atoms with Gasteiger partial charge in [0.25, 0.3) is 11.8 Å². The lowest BCUT2D eigenvalue weighted by Gasteiger charge is -2.34. The summed E-state index contributed by atoms with van der Waals surface area (Å²) in [5, 5.41) is 0.997. The van der Waals surface area contributed by atoms with Crippen LogP contribution >= 0.6 is 22.9 Å². The molecule has 0 bridgehead atoms. The van der Waals surface area contributed by atoms with Crippen molar-refractivity contribution in [3.63, 3.8) is 0 Å². The summed E-state index contributed by atoms with van der Waals surface area (Å²) in [6, 6.07) is 3.90. The zero-order valence-electron chi connectivity index (χ0n) is 18.4. The second-order valence-electron chi connectivity index (χ2n) is 7.53. The molecule has 11 heteroatoms. The fraction of sp³-hybridized carbons (Fsp3) is 0.364. The number of carbonyl (C=O) groups is 2. The summed E-state index contributed by atoms with van der Waals surface area (Å²) in [4.78, 5) is 39.3. The highest BCUT2D eigenvalue weighted by Gasteiger charge is 2.29. The minimum Gasteiger partial charge on any atom is -0.480 e. The van der Waals surface area contributed by atoms with Crippen LogP contribution < -0.4 is 4.74 Å². The number of benzene rings is 1. The van der Waals surface area contributed by atoms with Crippen LogP contribution in [0.3, 0.4) is 0 Å².